The Morgan fingerprint density at radius 2 is 2.16 bits per heavy atom. The molecule has 0 bridgehead atoms. The van der Waals surface area contributed by atoms with Gasteiger partial charge in [-0.2, -0.15) is 0 Å². The Morgan fingerprint density at radius 3 is 3.00 bits per heavy atom. The van der Waals surface area contributed by atoms with Crippen LogP contribution in [0.25, 0.3) is 10.2 Å². The van der Waals surface area contributed by atoms with Gasteiger partial charge in [0.1, 0.15) is 17.4 Å². The van der Waals surface area contributed by atoms with E-state index < -0.39 is 17.7 Å². The second kappa shape index (κ2) is 6.25. The van der Waals surface area contributed by atoms with Gasteiger partial charge in [-0.1, -0.05) is 18.2 Å². The van der Waals surface area contributed by atoms with Gasteiger partial charge >= 0.3 is 5.97 Å². The molecule has 25 heavy (non-hydrogen) atoms. The fourth-order valence-electron chi connectivity index (χ4n) is 2.86. The van der Waals surface area contributed by atoms with Crippen molar-refractivity contribution in [2.75, 3.05) is 5.32 Å². The van der Waals surface area contributed by atoms with Crippen LogP contribution in [0.3, 0.4) is 0 Å². The minimum Gasteiger partial charge on any atom is -0.458 e. The highest BCUT2D eigenvalue weighted by Crippen LogP contribution is 2.34. The zero-order valence-electron chi connectivity index (χ0n) is 13.0. The van der Waals surface area contributed by atoms with E-state index in [0.29, 0.717) is 16.3 Å². The summed E-state index contributed by atoms with van der Waals surface area (Å²) in [5.41, 5.74) is 1.74. The number of para-hydroxylation sites is 1. The van der Waals surface area contributed by atoms with Crippen molar-refractivity contribution in [2.24, 2.45) is 0 Å². The first-order chi connectivity index (χ1) is 12.1. The van der Waals surface area contributed by atoms with E-state index in [-0.39, 0.29) is 18.9 Å². The van der Waals surface area contributed by atoms with Gasteiger partial charge in [-0.3, -0.25) is 9.59 Å². The maximum atomic E-state index is 13.3. The Kier molecular flexibility index (Phi) is 3.93. The molecule has 1 aromatic heterocycles. The molecule has 1 N–H and O–H groups in total. The van der Waals surface area contributed by atoms with Crippen molar-refractivity contribution in [3.05, 3.63) is 58.9 Å². The van der Waals surface area contributed by atoms with Gasteiger partial charge in [0, 0.05) is 12.1 Å². The second-order valence-electron chi connectivity index (χ2n) is 5.72. The van der Waals surface area contributed by atoms with Crippen LogP contribution in [0.4, 0.5) is 10.1 Å². The number of amides is 1. The molecule has 126 valence electrons. The third-order valence-electron chi connectivity index (χ3n) is 4.01. The highest BCUT2D eigenvalue weighted by molar-refractivity contribution is 7.18. The van der Waals surface area contributed by atoms with E-state index in [2.05, 4.69) is 10.3 Å². The molecule has 0 unspecified atom stereocenters. The average Bonchev–Trinajstić information content (AvgIpc) is 3.01. The van der Waals surface area contributed by atoms with Crippen LogP contribution in [0.1, 0.15) is 22.9 Å². The molecule has 5 nitrogen and oxygen atoms in total. The van der Waals surface area contributed by atoms with Gasteiger partial charge in [0.15, 0.2) is 0 Å². The molecular weight excluding hydrogens is 343 g/mol. The molecule has 7 heteroatoms. The van der Waals surface area contributed by atoms with Crippen LogP contribution >= 0.6 is 11.3 Å². The maximum Gasteiger partial charge on any atom is 0.314 e. The van der Waals surface area contributed by atoms with Crippen molar-refractivity contribution in [1.82, 2.24) is 4.98 Å². The molecular formula is C18H13FN2O3S. The summed E-state index contributed by atoms with van der Waals surface area (Å²) in [5.74, 6) is -2.05. The number of hydrogen-bond donors (Lipinski definition) is 1. The van der Waals surface area contributed by atoms with Crippen LogP contribution in [-0.4, -0.2) is 16.9 Å². The third kappa shape index (κ3) is 3.10. The summed E-state index contributed by atoms with van der Waals surface area (Å²) in [6, 6.07) is 11.7. The van der Waals surface area contributed by atoms with E-state index in [0.717, 1.165) is 10.2 Å². The van der Waals surface area contributed by atoms with Crippen molar-refractivity contribution in [1.29, 1.82) is 0 Å². The highest BCUT2D eigenvalue weighted by Gasteiger charge is 2.32. The number of nitrogens with one attached hydrogen (secondary N) is 1. The quantitative estimate of drug-likeness (QED) is 0.728. The third-order valence-corrected chi connectivity index (χ3v) is 5.02. The first kappa shape index (κ1) is 15.7. The zero-order chi connectivity index (χ0) is 17.4. The standard InChI is InChI=1S/C18H13FN2O3S/c19-10-5-6-11-12(8-16(22)20-14(11)7-10)18(23)24-9-17-21-13-3-1-2-4-15(13)25-17/h1-7,12H,8-9H2,(H,20,22)/t12-/m0/s1. The number of ether oxygens (including phenoxy) is 1. The molecule has 3 aromatic rings. The molecule has 4 rings (SSSR count). The van der Waals surface area contributed by atoms with Crippen LogP contribution in [0.2, 0.25) is 0 Å². The molecule has 0 saturated carbocycles. The summed E-state index contributed by atoms with van der Waals surface area (Å²) in [6.45, 7) is 0.0484. The molecule has 1 aliphatic heterocycles. The minimum atomic E-state index is -0.737. The van der Waals surface area contributed by atoms with Crippen molar-refractivity contribution in [2.45, 2.75) is 18.9 Å². The fraction of sp³-hybridized carbons (Fsp3) is 0.167. The number of carbonyl (C=O) groups excluding carboxylic acids is 2. The summed E-state index contributed by atoms with van der Waals surface area (Å²) in [6.07, 6.45) is -0.0166. The normalized spacial score (nSPS) is 16.4. The number of carbonyl (C=O) groups is 2. The number of aromatic nitrogens is 1. The average molecular weight is 356 g/mol. The number of thiazole rings is 1. The molecule has 0 aliphatic carbocycles. The van der Waals surface area contributed by atoms with Gasteiger partial charge in [0.05, 0.1) is 16.1 Å². The van der Waals surface area contributed by atoms with Crippen molar-refractivity contribution >= 4 is 39.1 Å². The van der Waals surface area contributed by atoms with E-state index in [1.807, 2.05) is 24.3 Å². The van der Waals surface area contributed by atoms with Crippen molar-refractivity contribution in [3.8, 4) is 0 Å². The molecule has 0 spiro atoms. The Morgan fingerprint density at radius 1 is 1.32 bits per heavy atom. The fourth-order valence-corrected chi connectivity index (χ4v) is 3.74. The number of anilines is 1. The van der Waals surface area contributed by atoms with Crippen LogP contribution in [0, 0.1) is 5.82 Å². The second-order valence-corrected chi connectivity index (χ2v) is 6.83. The first-order valence-corrected chi connectivity index (χ1v) is 8.52. The molecule has 2 aromatic carbocycles. The van der Waals surface area contributed by atoms with E-state index in [1.54, 1.807) is 0 Å². The summed E-state index contributed by atoms with van der Waals surface area (Å²) in [4.78, 5) is 28.7. The Labute approximate surface area is 146 Å². The van der Waals surface area contributed by atoms with E-state index in [4.69, 9.17) is 4.74 Å². The predicted octanol–water partition coefficient (Wildman–Crippen LogP) is 3.60. The molecule has 1 atom stereocenters. The van der Waals surface area contributed by atoms with Crippen molar-refractivity contribution in [3.63, 3.8) is 0 Å². The minimum absolute atomic E-state index is 0.0166. The van der Waals surface area contributed by atoms with E-state index in [9.17, 15) is 14.0 Å². The Bertz CT molecular complexity index is 952. The number of benzene rings is 2. The van der Waals surface area contributed by atoms with Gasteiger partial charge in [0.2, 0.25) is 5.91 Å². The summed E-state index contributed by atoms with van der Waals surface area (Å²) < 4.78 is 19.7. The smallest absolute Gasteiger partial charge is 0.314 e. The molecule has 0 radical (unpaired) electrons. The molecule has 0 fully saturated rings. The lowest BCUT2D eigenvalue weighted by Crippen LogP contribution is -2.28. The number of hydrogen-bond acceptors (Lipinski definition) is 5. The van der Waals surface area contributed by atoms with Gasteiger partial charge in [-0.05, 0) is 29.8 Å². The monoisotopic (exact) mass is 356 g/mol. The number of nitrogens with zero attached hydrogens (tertiary/aromatic N) is 1. The lowest BCUT2D eigenvalue weighted by Gasteiger charge is -2.24. The highest BCUT2D eigenvalue weighted by atomic mass is 32.1. The van der Waals surface area contributed by atoms with Gasteiger partial charge in [-0.15, -0.1) is 11.3 Å². The van der Waals surface area contributed by atoms with E-state index in [1.165, 1.54) is 29.5 Å². The largest absolute Gasteiger partial charge is 0.458 e. The van der Waals surface area contributed by atoms with Gasteiger partial charge in [-0.25, -0.2) is 9.37 Å². The molecule has 0 saturated heterocycles. The number of fused-ring (bicyclic) bond motifs is 2. The lowest BCUT2D eigenvalue weighted by atomic mass is 9.90. The van der Waals surface area contributed by atoms with Crippen LogP contribution in [-0.2, 0) is 20.9 Å². The molecule has 1 amide bonds. The molecule has 1 aliphatic rings. The van der Waals surface area contributed by atoms with Crippen molar-refractivity contribution < 1.29 is 18.7 Å². The number of rotatable bonds is 3. The first-order valence-electron chi connectivity index (χ1n) is 7.70. The van der Waals surface area contributed by atoms with Crippen LogP contribution < -0.4 is 5.32 Å². The summed E-state index contributed by atoms with van der Waals surface area (Å²) >= 11 is 1.46. The summed E-state index contributed by atoms with van der Waals surface area (Å²) in [5, 5.41) is 3.27. The summed E-state index contributed by atoms with van der Waals surface area (Å²) in [7, 11) is 0. The Hall–Kier alpha value is -2.80. The van der Waals surface area contributed by atoms with Gasteiger partial charge in [0.25, 0.3) is 0 Å². The van der Waals surface area contributed by atoms with E-state index >= 15 is 0 Å². The maximum absolute atomic E-state index is 13.3. The van der Waals surface area contributed by atoms with Gasteiger partial charge < -0.3 is 10.1 Å². The number of halogens is 1. The lowest BCUT2D eigenvalue weighted by molar-refractivity contribution is -0.148. The Balaban J connectivity index is 1.52. The van der Waals surface area contributed by atoms with Crippen LogP contribution in [0.15, 0.2) is 42.5 Å². The zero-order valence-corrected chi connectivity index (χ0v) is 13.8. The topological polar surface area (TPSA) is 68.3 Å². The SMILES string of the molecule is O=C1C[C@H](C(=O)OCc2nc3ccccc3s2)c2ccc(F)cc2N1. The predicted molar refractivity (Wildman–Crippen MR) is 91.8 cm³/mol. The molecule has 2 heterocycles. The number of esters is 1. The van der Waals surface area contributed by atoms with Crippen LogP contribution in [0.5, 0.6) is 0 Å².